The largest absolute Gasteiger partial charge is 0.493 e. The second-order valence-electron chi connectivity index (χ2n) is 5.56. The maximum atomic E-state index is 12.6. The molecule has 1 atom stereocenters. The zero-order valence-corrected chi connectivity index (χ0v) is 14.2. The average Bonchev–Trinajstić information content (AvgIpc) is 2.94. The maximum absolute atomic E-state index is 12.6. The molecule has 0 saturated carbocycles. The smallest absolute Gasteiger partial charge is 0.254 e. The summed E-state index contributed by atoms with van der Waals surface area (Å²) in [6, 6.07) is 5.47. The third-order valence-electron chi connectivity index (χ3n) is 3.68. The zero-order valence-electron chi connectivity index (χ0n) is 13.4. The van der Waals surface area contributed by atoms with E-state index in [1.807, 2.05) is 18.7 Å². The summed E-state index contributed by atoms with van der Waals surface area (Å²) >= 11 is 0. The molecule has 1 aromatic rings. The molecule has 1 amide bonds. The Morgan fingerprint density at radius 2 is 2.14 bits per heavy atom. The molecule has 0 radical (unpaired) electrons. The number of nitrogens with two attached hydrogens (primary N) is 1. The van der Waals surface area contributed by atoms with Gasteiger partial charge in [0.15, 0.2) is 11.5 Å². The van der Waals surface area contributed by atoms with E-state index < -0.39 is 0 Å². The molecule has 1 aliphatic heterocycles. The number of carbonyl (C=O) groups excluding carboxylic acids is 1. The number of benzene rings is 1. The van der Waals surface area contributed by atoms with E-state index in [0.717, 1.165) is 19.4 Å². The van der Waals surface area contributed by atoms with Gasteiger partial charge in [-0.3, -0.25) is 4.79 Å². The molecule has 5 nitrogen and oxygen atoms in total. The number of carbonyl (C=O) groups is 1. The minimum Gasteiger partial charge on any atom is -0.493 e. The van der Waals surface area contributed by atoms with E-state index in [4.69, 9.17) is 15.2 Å². The van der Waals surface area contributed by atoms with Crippen LogP contribution < -0.4 is 15.2 Å². The summed E-state index contributed by atoms with van der Waals surface area (Å²) in [5.74, 6) is 1.25. The lowest BCUT2D eigenvalue weighted by atomic mass is 10.1. The van der Waals surface area contributed by atoms with E-state index >= 15 is 0 Å². The number of halogens is 1. The van der Waals surface area contributed by atoms with Crippen molar-refractivity contribution in [1.29, 1.82) is 0 Å². The lowest BCUT2D eigenvalue weighted by Gasteiger charge is -2.24. The molecular formula is C16H25ClN2O3. The Bertz CT molecular complexity index is 508. The number of ether oxygens (including phenoxy) is 2. The van der Waals surface area contributed by atoms with E-state index in [0.29, 0.717) is 23.6 Å². The van der Waals surface area contributed by atoms with Crippen molar-refractivity contribution in [2.45, 2.75) is 38.8 Å². The summed E-state index contributed by atoms with van der Waals surface area (Å²) < 4.78 is 11.0. The summed E-state index contributed by atoms with van der Waals surface area (Å²) in [7, 11) is 1.58. The lowest BCUT2D eigenvalue weighted by Crippen LogP contribution is -2.39. The highest BCUT2D eigenvalue weighted by molar-refractivity contribution is 5.95. The zero-order chi connectivity index (χ0) is 15.4. The molecule has 1 fully saturated rings. The van der Waals surface area contributed by atoms with Gasteiger partial charge in [0.1, 0.15) is 0 Å². The van der Waals surface area contributed by atoms with E-state index in [9.17, 15) is 4.79 Å². The van der Waals surface area contributed by atoms with Crippen LogP contribution in [0.1, 0.15) is 37.0 Å². The highest BCUT2D eigenvalue weighted by atomic mass is 35.5. The van der Waals surface area contributed by atoms with Gasteiger partial charge in [-0.05, 0) is 44.9 Å². The standard InChI is InChI=1S/C16H24N2O3.ClH/c1-11(2)21-14-7-6-12(9-15(14)20-3)16(19)18-8-4-5-13(18)10-17;/h6-7,9,11,13H,4-5,8,10,17H2,1-3H3;1H. The van der Waals surface area contributed by atoms with Crippen molar-refractivity contribution in [3.05, 3.63) is 23.8 Å². The van der Waals surface area contributed by atoms with Gasteiger partial charge in [-0.15, -0.1) is 12.4 Å². The van der Waals surface area contributed by atoms with Crippen LogP contribution in [-0.4, -0.2) is 43.2 Å². The number of nitrogens with zero attached hydrogens (tertiary/aromatic N) is 1. The number of hydrogen-bond acceptors (Lipinski definition) is 4. The molecule has 1 aromatic carbocycles. The van der Waals surface area contributed by atoms with E-state index in [-0.39, 0.29) is 30.5 Å². The summed E-state index contributed by atoms with van der Waals surface area (Å²) in [6.45, 7) is 5.19. The van der Waals surface area contributed by atoms with Gasteiger partial charge < -0.3 is 20.1 Å². The van der Waals surface area contributed by atoms with Gasteiger partial charge in [0.2, 0.25) is 0 Å². The molecule has 0 bridgehead atoms. The molecule has 1 heterocycles. The minimum absolute atomic E-state index is 0. The molecular weight excluding hydrogens is 304 g/mol. The highest BCUT2D eigenvalue weighted by Gasteiger charge is 2.28. The third-order valence-corrected chi connectivity index (χ3v) is 3.68. The Morgan fingerprint density at radius 3 is 2.73 bits per heavy atom. The first-order valence-electron chi connectivity index (χ1n) is 7.42. The molecule has 0 aliphatic carbocycles. The fourth-order valence-electron chi connectivity index (χ4n) is 2.67. The van der Waals surface area contributed by atoms with E-state index in [1.54, 1.807) is 25.3 Å². The molecule has 124 valence electrons. The first kappa shape index (κ1) is 18.6. The van der Waals surface area contributed by atoms with Crippen LogP contribution in [-0.2, 0) is 0 Å². The third kappa shape index (κ3) is 4.05. The fourth-order valence-corrected chi connectivity index (χ4v) is 2.67. The molecule has 1 saturated heterocycles. The summed E-state index contributed by atoms with van der Waals surface area (Å²) in [5.41, 5.74) is 6.35. The SMILES string of the molecule is COc1cc(C(=O)N2CCCC2CN)ccc1OC(C)C.Cl. The molecule has 22 heavy (non-hydrogen) atoms. The molecule has 0 spiro atoms. The summed E-state index contributed by atoms with van der Waals surface area (Å²) in [4.78, 5) is 14.5. The normalized spacial score (nSPS) is 17.3. The number of rotatable bonds is 5. The Balaban J connectivity index is 0.00000242. The highest BCUT2D eigenvalue weighted by Crippen LogP contribution is 2.30. The first-order chi connectivity index (χ1) is 10.1. The lowest BCUT2D eigenvalue weighted by molar-refractivity contribution is 0.0740. The van der Waals surface area contributed by atoms with Crippen molar-refractivity contribution in [1.82, 2.24) is 4.90 Å². The Kier molecular flexibility index (Phi) is 6.97. The van der Waals surface area contributed by atoms with E-state index in [2.05, 4.69) is 0 Å². The molecule has 2 rings (SSSR count). The van der Waals surface area contributed by atoms with Crippen molar-refractivity contribution in [2.75, 3.05) is 20.2 Å². The van der Waals surface area contributed by atoms with Gasteiger partial charge in [0.05, 0.1) is 13.2 Å². The van der Waals surface area contributed by atoms with Crippen molar-refractivity contribution in [3.8, 4) is 11.5 Å². The van der Waals surface area contributed by atoms with Gasteiger partial charge in [-0.25, -0.2) is 0 Å². The van der Waals surface area contributed by atoms with E-state index in [1.165, 1.54) is 0 Å². The van der Waals surface area contributed by atoms with Crippen molar-refractivity contribution >= 4 is 18.3 Å². The maximum Gasteiger partial charge on any atom is 0.254 e. The Morgan fingerprint density at radius 1 is 1.41 bits per heavy atom. The van der Waals surface area contributed by atoms with Gasteiger partial charge in [0, 0.05) is 24.7 Å². The van der Waals surface area contributed by atoms with Crippen LogP contribution in [0.2, 0.25) is 0 Å². The van der Waals surface area contributed by atoms with Gasteiger partial charge in [-0.1, -0.05) is 0 Å². The fraction of sp³-hybridized carbons (Fsp3) is 0.562. The molecule has 1 aliphatic rings. The van der Waals surface area contributed by atoms with Gasteiger partial charge in [0.25, 0.3) is 5.91 Å². The predicted molar refractivity (Wildman–Crippen MR) is 89.1 cm³/mol. The van der Waals surface area contributed by atoms with Crippen LogP contribution in [0.15, 0.2) is 18.2 Å². The number of methoxy groups -OCH3 is 1. The van der Waals surface area contributed by atoms with Gasteiger partial charge >= 0.3 is 0 Å². The summed E-state index contributed by atoms with van der Waals surface area (Å²) in [6.07, 6.45) is 2.05. The van der Waals surface area contributed by atoms with Crippen LogP contribution in [0.25, 0.3) is 0 Å². The second kappa shape index (κ2) is 8.25. The van der Waals surface area contributed by atoms with Crippen LogP contribution in [0.5, 0.6) is 11.5 Å². The van der Waals surface area contributed by atoms with Crippen molar-refractivity contribution < 1.29 is 14.3 Å². The van der Waals surface area contributed by atoms with Crippen molar-refractivity contribution in [2.24, 2.45) is 5.73 Å². The molecule has 2 N–H and O–H groups in total. The number of hydrogen-bond donors (Lipinski definition) is 1. The van der Waals surface area contributed by atoms with Crippen LogP contribution in [0.3, 0.4) is 0 Å². The summed E-state index contributed by atoms with van der Waals surface area (Å²) in [5, 5.41) is 0. The quantitative estimate of drug-likeness (QED) is 0.901. The topological polar surface area (TPSA) is 64.8 Å². The van der Waals surface area contributed by atoms with Crippen LogP contribution in [0.4, 0.5) is 0 Å². The molecule has 0 aromatic heterocycles. The minimum atomic E-state index is 0. The Labute approximate surface area is 138 Å². The first-order valence-corrected chi connectivity index (χ1v) is 7.42. The van der Waals surface area contributed by atoms with Crippen molar-refractivity contribution in [3.63, 3.8) is 0 Å². The second-order valence-corrected chi connectivity index (χ2v) is 5.56. The van der Waals surface area contributed by atoms with Crippen LogP contribution in [0, 0.1) is 0 Å². The number of amides is 1. The van der Waals surface area contributed by atoms with Gasteiger partial charge in [-0.2, -0.15) is 0 Å². The number of likely N-dealkylation sites (tertiary alicyclic amines) is 1. The molecule has 6 heteroatoms. The van der Waals surface area contributed by atoms with Crippen LogP contribution >= 0.6 is 12.4 Å². The molecule has 1 unspecified atom stereocenters. The average molecular weight is 329 g/mol. The predicted octanol–water partition coefficient (Wildman–Crippen LogP) is 2.47. The Hall–Kier alpha value is -1.46. The monoisotopic (exact) mass is 328 g/mol.